The van der Waals surface area contributed by atoms with Crippen LogP contribution in [0.25, 0.3) is 0 Å². The van der Waals surface area contributed by atoms with Crippen LogP contribution < -0.4 is 10.6 Å². The number of hydrogen-bond donors (Lipinski definition) is 3. The average Bonchev–Trinajstić information content (AvgIpc) is 2.15. The lowest BCUT2D eigenvalue weighted by atomic mass is 10.1. The standard InChI is InChI=1S/C10H20N2O3/c1-10(2,3)15-9(14)8-5-11-7(6-13)4-12-8/h7-8,11-13H,4-6H2,1-3H3/t7-,8?/m1/s1. The molecule has 5 nitrogen and oxygen atoms in total. The summed E-state index contributed by atoms with van der Waals surface area (Å²) in [4.78, 5) is 11.6. The Morgan fingerprint density at radius 1 is 1.40 bits per heavy atom. The van der Waals surface area contributed by atoms with E-state index in [1.165, 1.54) is 0 Å². The predicted octanol–water partition coefficient (Wildman–Crippen LogP) is -0.750. The normalized spacial score (nSPS) is 27.5. The van der Waals surface area contributed by atoms with Crippen LogP contribution in [0, 0.1) is 0 Å². The van der Waals surface area contributed by atoms with E-state index in [2.05, 4.69) is 10.6 Å². The molecule has 1 unspecified atom stereocenters. The topological polar surface area (TPSA) is 70.6 Å². The third-order valence-corrected chi connectivity index (χ3v) is 2.13. The van der Waals surface area contributed by atoms with Gasteiger partial charge >= 0.3 is 5.97 Å². The fourth-order valence-corrected chi connectivity index (χ4v) is 1.38. The molecule has 0 amide bonds. The Hall–Kier alpha value is -0.650. The number of hydrogen-bond acceptors (Lipinski definition) is 5. The zero-order chi connectivity index (χ0) is 11.5. The van der Waals surface area contributed by atoms with E-state index in [4.69, 9.17) is 9.84 Å². The first-order valence-electron chi connectivity index (χ1n) is 5.23. The van der Waals surface area contributed by atoms with Crippen LogP contribution in [-0.2, 0) is 9.53 Å². The Morgan fingerprint density at radius 3 is 2.47 bits per heavy atom. The third kappa shape index (κ3) is 4.15. The zero-order valence-electron chi connectivity index (χ0n) is 9.54. The van der Waals surface area contributed by atoms with Gasteiger partial charge in [0.25, 0.3) is 0 Å². The molecule has 0 aromatic heterocycles. The van der Waals surface area contributed by atoms with Crippen molar-refractivity contribution >= 4 is 5.97 Å². The minimum atomic E-state index is -0.452. The molecule has 0 radical (unpaired) electrons. The number of carbonyl (C=O) groups is 1. The van der Waals surface area contributed by atoms with Crippen LogP contribution in [0.4, 0.5) is 0 Å². The fraction of sp³-hybridized carbons (Fsp3) is 0.900. The second-order valence-corrected chi connectivity index (χ2v) is 4.78. The van der Waals surface area contributed by atoms with Crippen molar-refractivity contribution in [3.8, 4) is 0 Å². The van der Waals surface area contributed by atoms with Gasteiger partial charge in [0, 0.05) is 19.1 Å². The molecule has 0 bridgehead atoms. The molecular formula is C10H20N2O3. The predicted molar refractivity (Wildman–Crippen MR) is 56.5 cm³/mol. The molecule has 1 fully saturated rings. The molecule has 0 aliphatic carbocycles. The van der Waals surface area contributed by atoms with Crippen LogP contribution in [0.2, 0.25) is 0 Å². The second kappa shape index (κ2) is 4.92. The summed E-state index contributed by atoms with van der Waals surface area (Å²) < 4.78 is 5.24. The maximum Gasteiger partial charge on any atom is 0.324 e. The van der Waals surface area contributed by atoms with Gasteiger partial charge in [-0.2, -0.15) is 0 Å². The molecule has 0 spiro atoms. The molecular weight excluding hydrogens is 196 g/mol. The Morgan fingerprint density at radius 2 is 2.07 bits per heavy atom. The van der Waals surface area contributed by atoms with E-state index in [0.29, 0.717) is 13.1 Å². The summed E-state index contributed by atoms with van der Waals surface area (Å²) in [5.41, 5.74) is -0.452. The molecule has 1 heterocycles. The zero-order valence-corrected chi connectivity index (χ0v) is 9.54. The van der Waals surface area contributed by atoms with Gasteiger partial charge in [0.2, 0.25) is 0 Å². The largest absolute Gasteiger partial charge is 0.459 e. The number of esters is 1. The van der Waals surface area contributed by atoms with Crippen LogP contribution in [0.1, 0.15) is 20.8 Å². The van der Waals surface area contributed by atoms with E-state index in [0.717, 1.165) is 0 Å². The van der Waals surface area contributed by atoms with Gasteiger partial charge in [-0.3, -0.25) is 4.79 Å². The van der Waals surface area contributed by atoms with Crippen molar-refractivity contribution in [1.82, 2.24) is 10.6 Å². The third-order valence-electron chi connectivity index (χ3n) is 2.13. The summed E-state index contributed by atoms with van der Waals surface area (Å²) in [6.07, 6.45) is 0. The highest BCUT2D eigenvalue weighted by atomic mass is 16.6. The number of ether oxygens (including phenoxy) is 1. The lowest BCUT2D eigenvalue weighted by molar-refractivity contribution is -0.157. The van der Waals surface area contributed by atoms with E-state index in [9.17, 15) is 4.79 Å². The molecule has 1 aliphatic rings. The van der Waals surface area contributed by atoms with Gasteiger partial charge in [-0.15, -0.1) is 0 Å². The van der Waals surface area contributed by atoms with Crippen molar-refractivity contribution < 1.29 is 14.6 Å². The summed E-state index contributed by atoms with van der Waals surface area (Å²) in [6, 6.07) is -0.282. The summed E-state index contributed by atoms with van der Waals surface area (Å²) in [6.45, 7) is 6.70. The first-order valence-corrected chi connectivity index (χ1v) is 5.23. The molecule has 5 heteroatoms. The molecule has 0 aromatic rings. The highest BCUT2D eigenvalue weighted by Crippen LogP contribution is 2.09. The monoisotopic (exact) mass is 216 g/mol. The Bertz CT molecular complexity index is 217. The highest BCUT2D eigenvalue weighted by molar-refractivity contribution is 5.76. The lowest BCUT2D eigenvalue weighted by Gasteiger charge is -2.31. The number of rotatable bonds is 2. The molecule has 0 aromatic carbocycles. The smallest absolute Gasteiger partial charge is 0.324 e. The Kier molecular flexibility index (Phi) is 4.07. The van der Waals surface area contributed by atoms with Crippen molar-refractivity contribution in [2.45, 2.75) is 38.5 Å². The minimum Gasteiger partial charge on any atom is -0.459 e. The van der Waals surface area contributed by atoms with Gasteiger partial charge in [-0.25, -0.2) is 0 Å². The average molecular weight is 216 g/mol. The van der Waals surface area contributed by atoms with Gasteiger partial charge < -0.3 is 20.5 Å². The van der Waals surface area contributed by atoms with Crippen molar-refractivity contribution in [1.29, 1.82) is 0 Å². The van der Waals surface area contributed by atoms with Gasteiger partial charge in [-0.05, 0) is 20.8 Å². The van der Waals surface area contributed by atoms with Crippen LogP contribution in [-0.4, -0.2) is 48.5 Å². The summed E-state index contributed by atoms with van der Waals surface area (Å²) >= 11 is 0. The van der Waals surface area contributed by atoms with Gasteiger partial charge in [0.15, 0.2) is 0 Å². The van der Waals surface area contributed by atoms with Crippen molar-refractivity contribution in [3.05, 3.63) is 0 Å². The minimum absolute atomic E-state index is 0.0312. The van der Waals surface area contributed by atoms with Gasteiger partial charge in [-0.1, -0.05) is 0 Å². The van der Waals surface area contributed by atoms with Gasteiger partial charge in [0.1, 0.15) is 11.6 Å². The van der Waals surface area contributed by atoms with E-state index in [1.807, 2.05) is 20.8 Å². The maximum atomic E-state index is 11.6. The Labute approximate surface area is 90.2 Å². The second-order valence-electron chi connectivity index (χ2n) is 4.78. The van der Waals surface area contributed by atoms with Crippen molar-refractivity contribution in [2.24, 2.45) is 0 Å². The molecule has 0 saturated carbocycles. The molecule has 3 N–H and O–H groups in total. The van der Waals surface area contributed by atoms with Crippen LogP contribution in [0.5, 0.6) is 0 Å². The number of aliphatic hydroxyl groups is 1. The van der Waals surface area contributed by atoms with Crippen LogP contribution in [0.15, 0.2) is 0 Å². The molecule has 2 atom stereocenters. The highest BCUT2D eigenvalue weighted by Gasteiger charge is 2.28. The van der Waals surface area contributed by atoms with E-state index < -0.39 is 5.60 Å². The van der Waals surface area contributed by atoms with Crippen molar-refractivity contribution in [2.75, 3.05) is 19.7 Å². The SMILES string of the molecule is CC(C)(C)OC(=O)C1CN[C@@H](CO)CN1. The number of piperazine rings is 1. The van der Waals surface area contributed by atoms with Crippen LogP contribution in [0.3, 0.4) is 0 Å². The molecule has 88 valence electrons. The molecule has 1 rings (SSSR count). The summed E-state index contributed by atoms with van der Waals surface area (Å²) in [7, 11) is 0. The number of nitrogens with one attached hydrogen (secondary N) is 2. The molecule has 1 saturated heterocycles. The molecule has 15 heavy (non-hydrogen) atoms. The Balaban J connectivity index is 2.37. The van der Waals surface area contributed by atoms with E-state index >= 15 is 0 Å². The van der Waals surface area contributed by atoms with E-state index in [1.54, 1.807) is 0 Å². The summed E-state index contributed by atoms with van der Waals surface area (Å²) in [5.74, 6) is -0.244. The maximum absolute atomic E-state index is 11.6. The van der Waals surface area contributed by atoms with Gasteiger partial charge in [0.05, 0.1) is 6.61 Å². The number of carbonyl (C=O) groups excluding carboxylic acids is 1. The van der Waals surface area contributed by atoms with Crippen molar-refractivity contribution in [3.63, 3.8) is 0 Å². The van der Waals surface area contributed by atoms with E-state index in [-0.39, 0.29) is 24.7 Å². The lowest BCUT2D eigenvalue weighted by Crippen LogP contribution is -2.59. The quantitative estimate of drug-likeness (QED) is 0.530. The first-order chi connectivity index (χ1) is 6.92. The first kappa shape index (κ1) is 12.4. The molecule has 1 aliphatic heterocycles. The summed E-state index contributed by atoms with van der Waals surface area (Å²) in [5, 5.41) is 15.0. The number of aliphatic hydroxyl groups excluding tert-OH is 1. The fourth-order valence-electron chi connectivity index (χ4n) is 1.38. The van der Waals surface area contributed by atoms with Crippen LogP contribution >= 0.6 is 0 Å².